The molecular weight excluding hydrogens is 306 g/mol. The van der Waals surface area contributed by atoms with Gasteiger partial charge in [-0.3, -0.25) is 0 Å². The van der Waals surface area contributed by atoms with Crippen LogP contribution in [-0.4, -0.2) is 22.4 Å². The van der Waals surface area contributed by atoms with Gasteiger partial charge in [-0.15, -0.1) is 0 Å². The van der Waals surface area contributed by atoms with Crippen LogP contribution in [0.15, 0.2) is 22.7 Å². The Morgan fingerprint density at radius 3 is 2.95 bits per heavy atom. The van der Waals surface area contributed by atoms with Gasteiger partial charge in [0.15, 0.2) is 0 Å². The molecule has 4 heteroatoms. The molecule has 2 fully saturated rings. The maximum atomic E-state index is 10.8. The molecule has 1 saturated heterocycles. The van der Waals surface area contributed by atoms with E-state index >= 15 is 0 Å². The van der Waals surface area contributed by atoms with Gasteiger partial charge in [0.2, 0.25) is 0 Å². The minimum absolute atomic E-state index is 0.0524. The summed E-state index contributed by atoms with van der Waals surface area (Å²) < 4.78 is 0.965. The van der Waals surface area contributed by atoms with Crippen molar-refractivity contribution in [1.29, 1.82) is 0 Å². The van der Waals surface area contributed by atoms with E-state index in [1.165, 1.54) is 6.42 Å². The lowest BCUT2D eigenvalue weighted by molar-refractivity contribution is -0.0863. The van der Waals surface area contributed by atoms with Crippen molar-refractivity contribution in [1.82, 2.24) is 5.32 Å². The average Bonchev–Trinajstić information content (AvgIpc) is 2.40. The van der Waals surface area contributed by atoms with Crippen molar-refractivity contribution in [2.75, 3.05) is 6.54 Å². The van der Waals surface area contributed by atoms with Gasteiger partial charge in [0.25, 0.3) is 0 Å². The van der Waals surface area contributed by atoms with Gasteiger partial charge in [-0.1, -0.05) is 28.8 Å². The average molecular weight is 326 g/mol. The maximum absolute atomic E-state index is 10.8. The number of rotatable bonds is 1. The van der Waals surface area contributed by atoms with Crippen LogP contribution in [0, 0.1) is 5.92 Å². The summed E-state index contributed by atoms with van der Waals surface area (Å²) in [6.45, 7) is 0.809. The largest absolute Gasteiger partial charge is 0.508 e. The molecule has 1 aromatic rings. The van der Waals surface area contributed by atoms with Gasteiger partial charge in [-0.2, -0.15) is 0 Å². The van der Waals surface area contributed by atoms with E-state index < -0.39 is 5.60 Å². The Hall–Kier alpha value is -0.580. The summed E-state index contributed by atoms with van der Waals surface area (Å²) >= 11 is 3.46. The summed E-state index contributed by atoms with van der Waals surface area (Å²) in [6.07, 6.45) is 5.03. The number of fused-ring (bicyclic) bond motifs is 1. The third-order valence-corrected chi connectivity index (χ3v) is 5.21. The van der Waals surface area contributed by atoms with Crippen LogP contribution in [0.2, 0.25) is 0 Å². The number of nitrogens with one attached hydrogen (secondary N) is 1. The van der Waals surface area contributed by atoms with Crippen molar-refractivity contribution >= 4 is 15.9 Å². The monoisotopic (exact) mass is 325 g/mol. The zero-order valence-corrected chi connectivity index (χ0v) is 12.5. The Labute approximate surface area is 122 Å². The van der Waals surface area contributed by atoms with Crippen molar-refractivity contribution in [3.05, 3.63) is 28.2 Å². The van der Waals surface area contributed by atoms with E-state index in [0.717, 1.165) is 42.3 Å². The molecule has 1 aliphatic heterocycles. The number of hydrogen-bond acceptors (Lipinski definition) is 3. The predicted octanol–water partition coefficient (Wildman–Crippen LogP) is 3.11. The summed E-state index contributed by atoms with van der Waals surface area (Å²) in [4.78, 5) is 0. The molecule has 1 aliphatic carbocycles. The van der Waals surface area contributed by atoms with E-state index in [0.29, 0.717) is 5.75 Å². The molecule has 0 aromatic heterocycles. The summed E-state index contributed by atoms with van der Waals surface area (Å²) in [5.41, 5.74) is 0.350. The minimum Gasteiger partial charge on any atom is -0.508 e. The van der Waals surface area contributed by atoms with Gasteiger partial charge >= 0.3 is 0 Å². The highest BCUT2D eigenvalue weighted by Gasteiger charge is 2.46. The first-order valence-electron chi connectivity index (χ1n) is 7.04. The van der Waals surface area contributed by atoms with E-state index in [1.807, 2.05) is 12.1 Å². The fourth-order valence-corrected chi connectivity index (χ4v) is 4.10. The van der Waals surface area contributed by atoms with Crippen molar-refractivity contribution in [3.8, 4) is 5.75 Å². The second kappa shape index (κ2) is 5.08. The molecule has 19 heavy (non-hydrogen) atoms. The fourth-order valence-electron chi connectivity index (χ4n) is 3.72. The zero-order valence-electron chi connectivity index (χ0n) is 10.9. The molecule has 0 radical (unpaired) electrons. The Balaban J connectivity index is 1.96. The van der Waals surface area contributed by atoms with Crippen LogP contribution in [0.25, 0.3) is 0 Å². The number of hydrogen-bond donors (Lipinski definition) is 3. The Morgan fingerprint density at radius 2 is 2.11 bits per heavy atom. The molecule has 104 valence electrons. The predicted molar refractivity (Wildman–Crippen MR) is 78.1 cm³/mol. The number of halogens is 1. The lowest BCUT2D eigenvalue weighted by Gasteiger charge is -2.48. The maximum Gasteiger partial charge on any atom is 0.120 e. The van der Waals surface area contributed by atoms with Crippen molar-refractivity contribution < 1.29 is 10.2 Å². The number of piperidine rings is 1. The summed E-state index contributed by atoms with van der Waals surface area (Å²) in [5.74, 6) is 0.519. The standard InChI is InChI=1S/C15H20BrNO2/c16-10-4-5-13(18)11(9-10)14-12-3-1-2-6-15(12,19)7-8-17-14/h4-5,9,12,14,17-19H,1-3,6-8H2/t12-,14-,15-/m0/s1. The molecule has 0 unspecified atom stereocenters. The molecule has 3 N–H and O–H groups in total. The molecule has 3 atom stereocenters. The molecule has 0 bridgehead atoms. The normalized spacial score (nSPS) is 34.8. The minimum atomic E-state index is -0.553. The third-order valence-electron chi connectivity index (χ3n) is 4.71. The zero-order chi connectivity index (χ0) is 13.5. The van der Waals surface area contributed by atoms with Crippen LogP contribution in [0.5, 0.6) is 5.75 Å². The first-order chi connectivity index (χ1) is 9.10. The first-order valence-corrected chi connectivity index (χ1v) is 7.84. The van der Waals surface area contributed by atoms with Gasteiger partial charge in [0.05, 0.1) is 5.60 Å². The number of aromatic hydroxyl groups is 1. The Bertz CT molecular complexity index is 475. The van der Waals surface area contributed by atoms with Crippen molar-refractivity contribution in [2.45, 2.75) is 43.7 Å². The van der Waals surface area contributed by atoms with E-state index in [9.17, 15) is 10.2 Å². The molecular formula is C15H20BrNO2. The van der Waals surface area contributed by atoms with Crippen LogP contribution in [0.4, 0.5) is 0 Å². The van der Waals surface area contributed by atoms with E-state index in [-0.39, 0.29) is 12.0 Å². The molecule has 3 rings (SSSR count). The molecule has 1 heterocycles. The first kappa shape index (κ1) is 13.4. The molecule has 2 aliphatic rings. The van der Waals surface area contributed by atoms with Gasteiger partial charge in [0, 0.05) is 22.0 Å². The second-order valence-corrected chi connectivity index (χ2v) is 6.76. The highest BCUT2D eigenvalue weighted by Crippen LogP contribution is 2.47. The number of aliphatic hydroxyl groups is 1. The number of phenolic OH excluding ortho intramolecular Hbond substituents is 1. The van der Waals surface area contributed by atoms with E-state index in [2.05, 4.69) is 21.2 Å². The second-order valence-electron chi connectivity index (χ2n) is 5.84. The third kappa shape index (κ3) is 2.41. The SMILES string of the molecule is Oc1ccc(Br)cc1[C@@H]1NCC[C@@]2(O)CCCC[C@@H]12. The van der Waals surface area contributed by atoms with E-state index in [1.54, 1.807) is 6.07 Å². The van der Waals surface area contributed by atoms with Crippen LogP contribution < -0.4 is 5.32 Å². The van der Waals surface area contributed by atoms with Crippen molar-refractivity contribution in [2.24, 2.45) is 5.92 Å². The number of benzene rings is 1. The topological polar surface area (TPSA) is 52.5 Å². The van der Waals surface area contributed by atoms with Crippen LogP contribution in [0.1, 0.15) is 43.7 Å². The molecule has 3 nitrogen and oxygen atoms in total. The molecule has 0 spiro atoms. The van der Waals surface area contributed by atoms with Crippen LogP contribution >= 0.6 is 15.9 Å². The van der Waals surface area contributed by atoms with E-state index in [4.69, 9.17) is 0 Å². The fraction of sp³-hybridized carbons (Fsp3) is 0.600. The van der Waals surface area contributed by atoms with Crippen LogP contribution in [-0.2, 0) is 0 Å². The van der Waals surface area contributed by atoms with Gasteiger partial charge in [-0.05, 0) is 44.0 Å². The van der Waals surface area contributed by atoms with Gasteiger partial charge < -0.3 is 15.5 Å². The quantitative estimate of drug-likeness (QED) is 0.743. The highest BCUT2D eigenvalue weighted by atomic mass is 79.9. The summed E-state index contributed by atoms with van der Waals surface area (Å²) in [6, 6.07) is 5.58. The Kier molecular flexibility index (Phi) is 3.58. The molecule has 1 saturated carbocycles. The summed E-state index contributed by atoms with van der Waals surface area (Å²) in [7, 11) is 0. The molecule has 1 aromatic carbocycles. The Morgan fingerprint density at radius 1 is 1.26 bits per heavy atom. The van der Waals surface area contributed by atoms with Crippen LogP contribution in [0.3, 0.4) is 0 Å². The summed E-state index contributed by atoms with van der Waals surface area (Å²) in [5, 5.41) is 24.5. The van der Waals surface area contributed by atoms with Gasteiger partial charge in [0.1, 0.15) is 5.75 Å². The van der Waals surface area contributed by atoms with Gasteiger partial charge in [-0.25, -0.2) is 0 Å². The number of phenols is 1. The highest BCUT2D eigenvalue weighted by molar-refractivity contribution is 9.10. The molecule has 0 amide bonds. The lowest BCUT2D eigenvalue weighted by atomic mass is 9.66. The van der Waals surface area contributed by atoms with Crippen molar-refractivity contribution in [3.63, 3.8) is 0 Å². The smallest absolute Gasteiger partial charge is 0.120 e. The lowest BCUT2D eigenvalue weighted by Crippen LogP contribution is -2.53.